The van der Waals surface area contributed by atoms with E-state index in [-0.39, 0.29) is 0 Å². The maximum absolute atomic E-state index is 6.18. The van der Waals surface area contributed by atoms with Gasteiger partial charge in [0, 0.05) is 30.5 Å². The zero-order valence-electron chi connectivity index (χ0n) is 14.2. The van der Waals surface area contributed by atoms with Gasteiger partial charge < -0.3 is 15.0 Å². The molecule has 0 amide bonds. The van der Waals surface area contributed by atoms with Gasteiger partial charge in [-0.2, -0.15) is 4.98 Å². The summed E-state index contributed by atoms with van der Waals surface area (Å²) in [5, 5.41) is 3.80. The Bertz CT molecular complexity index is 699. The van der Waals surface area contributed by atoms with E-state index >= 15 is 0 Å². The molecule has 2 aromatic rings. The molecule has 5 nitrogen and oxygen atoms in total. The van der Waals surface area contributed by atoms with E-state index in [9.17, 15) is 0 Å². The fourth-order valence-corrected chi connectivity index (χ4v) is 3.20. The molecule has 1 aromatic heterocycles. The summed E-state index contributed by atoms with van der Waals surface area (Å²) in [6, 6.07) is 7.60. The number of nitrogens with one attached hydrogen (secondary N) is 1. The lowest BCUT2D eigenvalue weighted by Gasteiger charge is -2.22. The molecule has 1 saturated heterocycles. The third kappa shape index (κ3) is 4.09. The van der Waals surface area contributed by atoms with Gasteiger partial charge in [-0.05, 0) is 38.0 Å². The Morgan fingerprint density at radius 3 is 2.50 bits per heavy atom. The molecule has 128 valence electrons. The molecule has 1 aromatic carbocycles. The lowest BCUT2D eigenvalue weighted by Crippen LogP contribution is -2.25. The molecule has 1 aliphatic rings. The Morgan fingerprint density at radius 2 is 1.83 bits per heavy atom. The first-order valence-corrected chi connectivity index (χ1v) is 8.75. The van der Waals surface area contributed by atoms with E-state index in [1.807, 2.05) is 25.1 Å². The number of nitrogens with zero attached hydrogens (tertiary/aromatic N) is 3. The third-order valence-electron chi connectivity index (χ3n) is 4.18. The van der Waals surface area contributed by atoms with Crippen LogP contribution >= 0.6 is 11.6 Å². The molecule has 0 atom stereocenters. The number of ether oxygens (including phenoxy) is 1. The van der Waals surface area contributed by atoms with Gasteiger partial charge in [0.2, 0.25) is 5.95 Å². The number of hydrogen-bond acceptors (Lipinski definition) is 5. The molecular weight excluding hydrogens is 324 g/mol. The zero-order valence-corrected chi connectivity index (χ0v) is 14.9. The molecule has 24 heavy (non-hydrogen) atoms. The second-order valence-electron chi connectivity index (χ2n) is 6.07. The van der Waals surface area contributed by atoms with Crippen LogP contribution in [0.5, 0.6) is 5.75 Å². The van der Waals surface area contributed by atoms with Crippen molar-refractivity contribution in [3.63, 3.8) is 0 Å². The lowest BCUT2D eigenvalue weighted by molar-refractivity contribution is 0.415. The average Bonchev–Trinajstić information content (AvgIpc) is 2.84. The molecular formula is C18H23ClN4O. The van der Waals surface area contributed by atoms with Gasteiger partial charge in [-0.3, -0.25) is 0 Å². The Hall–Kier alpha value is -2.01. The van der Waals surface area contributed by atoms with Gasteiger partial charge in [-0.1, -0.05) is 24.4 Å². The molecule has 1 fully saturated rings. The Kier molecular flexibility index (Phi) is 5.41. The molecule has 0 spiro atoms. The third-order valence-corrected chi connectivity index (χ3v) is 4.47. The van der Waals surface area contributed by atoms with Gasteiger partial charge in [-0.15, -0.1) is 0 Å². The zero-order chi connectivity index (χ0) is 16.9. The number of aryl methyl sites for hydroxylation is 1. The van der Waals surface area contributed by atoms with Crippen molar-refractivity contribution in [3.8, 4) is 5.75 Å². The fraction of sp³-hybridized carbons (Fsp3) is 0.444. The lowest BCUT2D eigenvalue weighted by atomic mass is 10.2. The number of anilines is 3. The molecule has 0 aliphatic carbocycles. The Balaban J connectivity index is 1.81. The standard InChI is InChI=1S/C18H23ClN4O/c1-13-11-17(23-9-5-3-4-6-10-23)22-18(20-13)21-14-7-8-16(24-2)15(19)12-14/h7-8,11-12H,3-6,9-10H2,1-2H3,(H,20,21,22). The summed E-state index contributed by atoms with van der Waals surface area (Å²) in [5.41, 5.74) is 1.79. The van der Waals surface area contributed by atoms with Crippen molar-refractivity contribution >= 4 is 29.1 Å². The van der Waals surface area contributed by atoms with E-state index in [1.54, 1.807) is 7.11 Å². The van der Waals surface area contributed by atoms with Crippen molar-refractivity contribution in [1.29, 1.82) is 0 Å². The van der Waals surface area contributed by atoms with E-state index in [2.05, 4.69) is 21.3 Å². The van der Waals surface area contributed by atoms with E-state index in [0.29, 0.717) is 16.7 Å². The van der Waals surface area contributed by atoms with Crippen molar-refractivity contribution in [2.24, 2.45) is 0 Å². The van der Waals surface area contributed by atoms with Crippen LogP contribution in [0.15, 0.2) is 24.3 Å². The minimum Gasteiger partial charge on any atom is -0.495 e. The molecule has 2 heterocycles. The smallest absolute Gasteiger partial charge is 0.229 e. The monoisotopic (exact) mass is 346 g/mol. The maximum atomic E-state index is 6.18. The van der Waals surface area contributed by atoms with Crippen LogP contribution in [-0.4, -0.2) is 30.2 Å². The average molecular weight is 347 g/mol. The maximum Gasteiger partial charge on any atom is 0.229 e. The summed E-state index contributed by atoms with van der Waals surface area (Å²) >= 11 is 6.18. The molecule has 0 bridgehead atoms. The van der Waals surface area contributed by atoms with Crippen LogP contribution in [0, 0.1) is 6.92 Å². The van der Waals surface area contributed by atoms with Crippen LogP contribution in [0.4, 0.5) is 17.5 Å². The summed E-state index contributed by atoms with van der Waals surface area (Å²) in [4.78, 5) is 11.5. The first-order valence-electron chi connectivity index (χ1n) is 8.37. The predicted molar refractivity (Wildman–Crippen MR) is 98.7 cm³/mol. The van der Waals surface area contributed by atoms with Crippen LogP contribution < -0.4 is 15.0 Å². The minimum atomic E-state index is 0.558. The van der Waals surface area contributed by atoms with E-state index in [4.69, 9.17) is 21.3 Å². The highest BCUT2D eigenvalue weighted by atomic mass is 35.5. The second-order valence-corrected chi connectivity index (χ2v) is 6.47. The summed E-state index contributed by atoms with van der Waals surface area (Å²) < 4.78 is 5.18. The molecule has 0 unspecified atom stereocenters. The van der Waals surface area contributed by atoms with Crippen LogP contribution in [0.3, 0.4) is 0 Å². The molecule has 1 aliphatic heterocycles. The van der Waals surface area contributed by atoms with Gasteiger partial charge in [0.1, 0.15) is 11.6 Å². The largest absolute Gasteiger partial charge is 0.495 e. The topological polar surface area (TPSA) is 50.3 Å². The fourth-order valence-electron chi connectivity index (χ4n) is 2.94. The minimum absolute atomic E-state index is 0.558. The first-order chi connectivity index (χ1) is 11.7. The van der Waals surface area contributed by atoms with Crippen molar-refractivity contribution in [3.05, 3.63) is 35.0 Å². The summed E-state index contributed by atoms with van der Waals surface area (Å²) in [7, 11) is 1.60. The highest BCUT2D eigenvalue weighted by Crippen LogP contribution is 2.28. The number of aromatic nitrogens is 2. The number of rotatable bonds is 4. The van der Waals surface area contributed by atoms with Crippen LogP contribution in [0.25, 0.3) is 0 Å². The van der Waals surface area contributed by atoms with Gasteiger partial charge >= 0.3 is 0 Å². The molecule has 0 saturated carbocycles. The molecule has 3 rings (SSSR count). The van der Waals surface area contributed by atoms with Crippen LogP contribution in [0.2, 0.25) is 5.02 Å². The van der Waals surface area contributed by atoms with Crippen molar-refractivity contribution in [2.75, 3.05) is 30.4 Å². The SMILES string of the molecule is COc1ccc(Nc2nc(C)cc(N3CCCCCC3)n2)cc1Cl. The van der Waals surface area contributed by atoms with E-state index < -0.39 is 0 Å². The second kappa shape index (κ2) is 7.71. The van der Waals surface area contributed by atoms with E-state index in [0.717, 1.165) is 30.3 Å². The van der Waals surface area contributed by atoms with Crippen molar-refractivity contribution < 1.29 is 4.74 Å². The summed E-state index contributed by atoms with van der Waals surface area (Å²) in [6.45, 7) is 4.11. The van der Waals surface area contributed by atoms with Gasteiger partial charge in [-0.25, -0.2) is 4.98 Å². The Morgan fingerprint density at radius 1 is 1.08 bits per heavy atom. The predicted octanol–water partition coefficient (Wildman–Crippen LogP) is 4.57. The number of benzene rings is 1. The Labute approximate surface area is 148 Å². The summed E-state index contributed by atoms with van der Waals surface area (Å²) in [5.74, 6) is 2.24. The molecule has 0 radical (unpaired) electrons. The van der Waals surface area contributed by atoms with Crippen molar-refractivity contribution in [2.45, 2.75) is 32.6 Å². The first kappa shape index (κ1) is 16.8. The summed E-state index contributed by atoms with van der Waals surface area (Å²) in [6.07, 6.45) is 5.05. The van der Waals surface area contributed by atoms with Gasteiger partial charge in [0.25, 0.3) is 0 Å². The van der Waals surface area contributed by atoms with Crippen LogP contribution in [-0.2, 0) is 0 Å². The molecule has 6 heteroatoms. The van der Waals surface area contributed by atoms with Crippen molar-refractivity contribution in [1.82, 2.24) is 9.97 Å². The quantitative estimate of drug-likeness (QED) is 0.878. The normalized spacial score (nSPS) is 15.0. The van der Waals surface area contributed by atoms with Crippen LogP contribution in [0.1, 0.15) is 31.4 Å². The number of methoxy groups -OCH3 is 1. The number of hydrogen-bond donors (Lipinski definition) is 1. The van der Waals surface area contributed by atoms with Gasteiger partial charge in [0.15, 0.2) is 0 Å². The highest BCUT2D eigenvalue weighted by molar-refractivity contribution is 6.32. The van der Waals surface area contributed by atoms with E-state index in [1.165, 1.54) is 25.7 Å². The number of halogens is 1. The molecule has 1 N–H and O–H groups in total. The van der Waals surface area contributed by atoms with Gasteiger partial charge in [0.05, 0.1) is 12.1 Å². The highest BCUT2D eigenvalue weighted by Gasteiger charge is 2.13.